The number of carbonyl (C=O) groups is 1. The molecule has 0 aliphatic carbocycles. The smallest absolute Gasteiger partial charge is 0.326 e. The Bertz CT molecular complexity index is 478. The number of halogens is 3. The van der Waals surface area contributed by atoms with E-state index in [2.05, 4.69) is 5.32 Å². The Balaban J connectivity index is 3.02. The average Bonchev–Trinajstić information content (AvgIpc) is 2.30. The highest BCUT2D eigenvalue weighted by Crippen LogP contribution is 2.33. The maximum atomic E-state index is 12.8. The molecule has 1 rings (SSSR count). The molecule has 0 fully saturated rings. The normalized spacial score (nSPS) is 12.4. The fourth-order valence-electron chi connectivity index (χ4n) is 1.47. The van der Waals surface area contributed by atoms with Gasteiger partial charge in [0.05, 0.1) is 5.56 Å². The molecule has 1 N–H and O–H groups in total. The van der Waals surface area contributed by atoms with Crippen molar-refractivity contribution in [1.29, 1.82) is 0 Å². The third-order valence-electron chi connectivity index (χ3n) is 3.30. The van der Waals surface area contributed by atoms with Crippen molar-refractivity contribution in [3.8, 4) is 0 Å². The summed E-state index contributed by atoms with van der Waals surface area (Å²) in [6.07, 6.45) is -3.80. The molecule has 0 aliphatic heterocycles. The second-order valence-electron chi connectivity index (χ2n) is 5.22. The summed E-state index contributed by atoms with van der Waals surface area (Å²) in [6.45, 7) is 6.75. The predicted molar refractivity (Wildman–Crippen MR) is 68.9 cm³/mol. The van der Waals surface area contributed by atoms with Gasteiger partial charge in [0.15, 0.2) is 0 Å². The summed E-state index contributed by atoms with van der Waals surface area (Å²) in [6, 6.07) is 3.81. The van der Waals surface area contributed by atoms with Crippen LogP contribution in [0.5, 0.6) is 0 Å². The van der Waals surface area contributed by atoms with Crippen molar-refractivity contribution in [2.75, 3.05) is 5.32 Å². The zero-order chi connectivity index (χ0) is 14.8. The Labute approximate surface area is 111 Å². The Morgan fingerprint density at radius 3 is 2.32 bits per heavy atom. The number of nitrogens with one attached hydrogen (secondary N) is 1. The van der Waals surface area contributed by atoms with E-state index in [-0.39, 0.29) is 17.2 Å². The second kappa shape index (κ2) is 5.23. The summed E-state index contributed by atoms with van der Waals surface area (Å²) < 4.78 is 38.3. The number of anilines is 1. The van der Waals surface area contributed by atoms with E-state index in [0.29, 0.717) is 6.42 Å². The number of carbonyl (C=O) groups excluding carboxylic acids is 1. The largest absolute Gasteiger partial charge is 0.416 e. The first-order valence-corrected chi connectivity index (χ1v) is 6.07. The molecule has 0 spiro atoms. The van der Waals surface area contributed by atoms with Gasteiger partial charge in [-0.25, -0.2) is 0 Å². The molecule has 1 amide bonds. The standard InChI is InChI=1S/C14H18F3NO/c1-5-13(3,4)12(19)18-10-7-6-9(2)11(8-10)14(15,16)17/h6-8H,5H2,1-4H3,(H,18,19). The monoisotopic (exact) mass is 273 g/mol. The van der Waals surface area contributed by atoms with E-state index in [0.717, 1.165) is 6.07 Å². The summed E-state index contributed by atoms with van der Waals surface area (Å²) in [5, 5.41) is 2.53. The van der Waals surface area contributed by atoms with Gasteiger partial charge >= 0.3 is 6.18 Å². The molecule has 1 aromatic rings. The summed E-state index contributed by atoms with van der Waals surface area (Å²) in [4.78, 5) is 11.9. The lowest BCUT2D eigenvalue weighted by molar-refractivity contribution is -0.138. The highest BCUT2D eigenvalue weighted by molar-refractivity contribution is 5.94. The van der Waals surface area contributed by atoms with Crippen molar-refractivity contribution in [3.63, 3.8) is 0 Å². The Hall–Kier alpha value is -1.52. The number of rotatable bonds is 3. The third-order valence-corrected chi connectivity index (χ3v) is 3.30. The van der Waals surface area contributed by atoms with E-state index < -0.39 is 17.2 Å². The minimum Gasteiger partial charge on any atom is -0.326 e. The van der Waals surface area contributed by atoms with Crippen LogP contribution < -0.4 is 5.32 Å². The molecular formula is C14H18F3NO. The van der Waals surface area contributed by atoms with Crippen LogP contribution in [0, 0.1) is 12.3 Å². The Morgan fingerprint density at radius 1 is 1.26 bits per heavy atom. The van der Waals surface area contributed by atoms with E-state index in [1.807, 2.05) is 6.92 Å². The molecule has 19 heavy (non-hydrogen) atoms. The lowest BCUT2D eigenvalue weighted by Crippen LogP contribution is -2.30. The molecular weight excluding hydrogens is 255 g/mol. The molecule has 0 heterocycles. The van der Waals surface area contributed by atoms with Crippen LogP contribution in [0.15, 0.2) is 18.2 Å². The van der Waals surface area contributed by atoms with Crippen LogP contribution in [-0.2, 0) is 11.0 Å². The molecule has 5 heteroatoms. The van der Waals surface area contributed by atoms with Gasteiger partial charge in [0.2, 0.25) is 5.91 Å². The van der Waals surface area contributed by atoms with Gasteiger partial charge in [-0.15, -0.1) is 0 Å². The van der Waals surface area contributed by atoms with Crippen molar-refractivity contribution < 1.29 is 18.0 Å². The molecule has 0 unspecified atom stereocenters. The van der Waals surface area contributed by atoms with E-state index in [4.69, 9.17) is 0 Å². The first kappa shape index (κ1) is 15.5. The summed E-state index contributed by atoms with van der Waals surface area (Å²) in [5.74, 6) is -0.285. The Morgan fingerprint density at radius 2 is 1.84 bits per heavy atom. The van der Waals surface area contributed by atoms with Gasteiger partial charge in [-0.2, -0.15) is 13.2 Å². The van der Waals surface area contributed by atoms with Crippen molar-refractivity contribution in [2.45, 2.75) is 40.3 Å². The minimum atomic E-state index is -4.41. The maximum absolute atomic E-state index is 12.8. The zero-order valence-electron chi connectivity index (χ0n) is 11.5. The summed E-state index contributed by atoms with van der Waals surface area (Å²) >= 11 is 0. The molecule has 0 saturated heterocycles. The van der Waals surface area contributed by atoms with Crippen LogP contribution >= 0.6 is 0 Å². The van der Waals surface area contributed by atoms with E-state index >= 15 is 0 Å². The van der Waals surface area contributed by atoms with Gasteiger partial charge in [-0.05, 0) is 31.0 Å². The van der Waals surface area contributed by atoms with Gasteiger partial charge in [-0.1, -0.05) is 26.8 Å². The number of aryl methyl sites for hydroxylation is 1. The first-order chi connectivity index (χ1) is 8.58. The zero-order valence-corrected chi connectivity index (χ0v) is 11.5. The van der Waals surface area contributed by atoms with Crippen molar-refractivity contribution in [1.82, 2.24) is 0 Å². The van der Waals surface area contributed by atoms with Crippen LogP contribution in [0.2, 0.25) is 0 Å². The van der Waals surface area contributed by atoms with E-state index in [1.165, 1.54) is 19.1 Å². The second-order valence-corrected chi connectivity index (χ2v) is 5.22. The van der Waals surface area contributed by atoms with Crippen molar-refractivity contribution in [2.24, 2.45) is 5.41 Å². The quantitative estimate of drug-likeness (QED) is 0.869. The van der Waals surface area contributed by atoms with Crippen LogP contribution in [0.3, 0.4) is 0 Å². The van der Waals surface area contributed by atoms with Crippen LogP contribution in [0.4, 0.5) is 18.9 Å². The molecule has 0 aromatic heterocycles. The fourth-order valence-corrected chi connectivity index (χ4v) is 1.47. The minimum absolute atomic E-state index is 0.139. The van der Waals surface area contributed by atoms with E-state index in [1.54, 1.807) is 13.8 Å². The van der Waals surface area contributed by atoms with Gasteiger partial charge in [0.1, 0.15) is 0 Å². The van der Waals surface area contributed by atoms with Crippen LogP contribution in [-0.4, -0.2) is 5.91 Å². The average molecular weight is 273 g/mol. The SMILES string of the molecule is CCC(C)(C)C(=O)Nc1ccc(C)c(C(F)(F)F)c1. The Kier molecular flexibility index (Phi) is 4.28. The number of benzene rings is 1. The lowest BCUT2D eigenvalue weighted by Gasteiger charge is -2.22. The third kappa shape index (κ3) is 3.72. The van der Waals surface area contributed by atoms with Crippen molar-refractivity contribution >= 4 is 11.6 Å². The number of amides is 1. The maximum Gasteiger partial charge on any atom is 0.416 e. The van der Waals surface area contributed by atoms with Crippen LogP contribution in [0.1, 0.15) is 38.3 Å². The molecule has 0 atom stereocenters. The summed E-state index contributed by atoms with van der Waals surface area (Å²) in [5.41, 5.74) is -1.02. The van der Waals surface area contributed by atoms with Crippen molar-refractivity contribution in [3.05, 3.63) is 29.3 Å². The lowest BCUT2D eigenvalue weighted by atomic mass is 9.89. The molecule has 106 valence electrons. The molecule has 0 aliphatic rings. The van der Waals surface area contributed by atoms with E-state index in [9.17, 15) is 18.0 Å². The number of hydrogen-bond donors (Lipinski definition) is 1. The first-order valence-electron chi connectivity index (χ1n) is 6.07. The molecule has 0 saturated carbocycles. The van der Waals surface area contributed by atoms with Gasteiger partial charge in [-0.3, -0.25) is 4.79 Å². The number of alkyl halides is 3. The van der Waals surface area contributed by atoms with Crippen LogP contribution in [0.25, 0.3) is 0 Å². The molecule has 0 bridgehead atoms. The molecule has 1 aromatic carbocycles. The topological polar surface area (TPSA) is 29.1 Å². The predicted octanol–water partition coefficient (Wildman–Crippen LogP) is 4.39. The number of hydrogen-bond acceptors (Lipinski definition) is 1. The highest BCUT2D eigenvalue weighted by Gasteiger charge is 2.33. The van der Waals surface area contributed by atoms with Gasteiger partial charge in [0.25, 0.3) is 0 Å². The fraction of sp³-hybridized carbons (Fsp3) is 0.500. The van der Waals surface area contributed by atoms with Gasteiger partial charge < -0.3 is 5.32 Å². The molecule has 0 radical (unpaired) electrons. The molecule has 2 nitrogen and oxygen atoms in total. The summed E-state index contributed by atoms with van der Waals surface area (Å²) in [7, 11) is 0. The highest BCUT2D eigenvalue weighted by atomic mass is 19.4. The van der Waals surface area contributed by atoms with Gasteiger partial charge in [0, 0.05) is 11.1 Å².